The van der Waals surface area contributed by atoms with Crippen molar-refractivity contribution >= 4 is 0 Å². The summed E-state index contributed by atoms with van der Waals surface area (Å²) < 4.78 is 0. The van der Waals surface area contributed by atoms with Crippen LogP contribution in [0.4, 0.5) is 0 Å². The van der Waals surface area contributed by atoms with Gasteiger partial charge in [0.25, 0.3) is 0 Å². The van der Waals surface area contributed by atoms with Crippen LogP contribution in [0.25, 0.3) is 0 Å². The highest BCUT2D eigenvalue weighted by Gasteiger charge is 2.20. The molecule has 0 aromatic heterocycles. The number of piperidine rings is 1. The topological polar surface area (TPSA) is 15.3 Å². The third-order valence-electron chi connectivity index (χ3n) is 4.33. The van der Waals surface area contributed by atoms with Gasteiger partial charge in [0.15, 0.2) is 0 Å². The Labute approximate surface area is 101 Å². The zero-order valence-electron chi connectivity index (χ0n) is 10.9. The molecule has 2 aliphatic rings. The van der Waals surface area contributed by atoms with Gasteiger partial charge in [-0.05, 0) is 44.7 Å². The fourth-order valence-corrected chi connectivity index (χ4v) is 3.28. The number of rotatable bonds is 5. The van der Waals surface area contributed by atoms with Crippen molar-refractivity contribution in [2.75, 3.05) is 26.2 Å². The van der Waals surface area contributed by atoms with Gasteiger partial charge in [0.05, 0.1) is 0 Å². The van der Waals surface area contributed by atoms with Gasteiger partial charge in [-0.3, -0.25) is 0 Å². The molecule has 0 aromatic rings. The summed E-state index contributed by atoms with van der Waals surface area (Å²) in [6.45, 7) is 7.43. The molecule has 1 unspecified atom stereocenters. The molecule has 1 aliphatic carbocycles. The zero-order valence-corrected chi connectivity index (χ0v) is 10.9. The lowest BCUT2D eigenvalue weighted by Gasteiger charge is -2.31. The highest BCUT2D eigenvalue weighted by atomic mass is 15.1. The van der Waals surface area contributed by atoms with E-state index in [0.29, 0.717) is 0 Å². The predicted molar refractivity (Wildman–Crippen MR) is 69.7 cm³/mol. The van der Waals surface area contributed by atoms with Gasteiger partial charge in [-0.25, -0.2) is 0 Å². The molecule has 1 N–H and O–H groups in total. The maximum Gasteiger partial charge on any atom is 0.0195 e. The quantitative estimate of drug-likeness (QED) is 0.772. The second kappa shape index (κ2) is 6.61. The summed E-state index contributed by atoms with van der Waals surface area (Å²) in [6.07, 6.45) is 10.1. The fourth-order valence-electron chi connectivity index (χ4n) is 3.28. The molecule has 94 valence electrons. The summed E-state index contributed by atoms with van der Waals surface area (Å²) in [4.78, 5) is 2.68. The lowest BCUT2D eigenvalue weighted by molar-refractivity contribution is 0.204. The number of likely N-dealkylation sites (N-methyl/N-ethyl adjacent to an activating group) is 1. The van der Waals surface area contributed by atoms with Crippen LogP contribution in [-0.2, 0) is 0 Å². The first kappa shape index (κ1) is 12.4. The minimum Gasteiger partial charge on any atom is -0.313 e. The van der Waals surface area contributed by atoms with E-state index in [-0.39, 0.29) is 0 Å². The van der Waals surface area contributed by atoms with E-state index in [2.05, 4.69) is 17.1 Å². The fraction of sp³-hybridized carbons (Fsp3) is 1.00. The van der Waals surface area contributed by atoms with Crippen LogP contribution in [-0.4, -0.2) is 37.1 Å². The molecule has 1 saturated carbocycles. The monoisotopic (exact) mass is 224 g/mol. The molecule has 2 fully saturated rings. The van der Waals surface area contributed by atoms with Crippen LogP contribution in [0.1, 0.15) is 51.9 Å². The zero-order chi connectivity index (χ0) is 11.2. The number of hydrogen-bond acceptors (Lipinski definition) is 2. The Morgan fingerprint density at radius 3 is 2.38 bits per heavy atom. The van der Waals surface area contributed by atoms with Gasteiger partial charge in [0.1, 0.15) is 0 Å². The van der Waals surface area contributed by atoms with Crippen molar-refractivity contribution in [1.82, 2.24) is 10.2 Å². The van der Waals surface area contributed by atoms with Crippen LogP contribution < -0.4 is 5.32 Å². The standard InChI is InChI=1S/C14H28N2/c1-2-16(11-13-7-3-4-8-13)12-14-9-5-6-10-15-14/h13-15H,2-12H2,1H3. The minimum absolute atomic E-state index is 0.773. The van der Waals surface area contributed by atoms with E-state index in [9.17, 15) is 0 Å². The van der Waals surface area contributed by atoms with Crippen molar-refractivity contribution in [2.24, 2.45) is 5.92 Å². The smallest absolute Gasteiger partial charge is 0.0195 e. The molecule has 2 nitrogen and oxygen atoms in total. The number of nitrogens with one attached hydrogen (secondary N) is 1. The van der Waals surface area contributed by atoms with Crippen molar-refractivity contribution in [1.29, 1.82) is 0 Å². The maximum absolute atomic E-state index is 3.67. The van der Waals surface area contributed by atoms with Crippen molar-refractivity contribution in [3.05, 3.63) is 0 Å². The lowest BCUT2D eigenvalue weighted by Crippen LogP contribution is -2.44. The van der Waals surface area contributed by atoms with E-state index in [4.69, 9.17) is 0 Å². The average molecular weight is 224 g/mol. The molecule has 1 saturated heterocycles. The maximum atomic E-state index is 3.67. The van der Waals surface area contributed by atoms with Crippen LogP contribution in [0.5, 0.6) is 0 Å². The van der Waals surface area contributed by atoms with Crippen LogP contribution in [0.2, 0.25) is 0 Å². The molecule has 0 amide bonds. The molecule has 2 heteroatoms. The molecule has 1 aliphatic heterocycles. The lowest BCUT2D eigenvalue weighted by atomic mass is 10.0. The normalized spacial score (nSPS) is 27.8. The third-order valence-corrected chi connectivity index (χ3v) is 4.33. The van der Waals surface area contributed by atoms with Gasteiger partial charge in [0.2, 0.25) is 0 Å². The SMILES string of the molecule is CCN(CC1CCCC1)CC1CCCCN1. The van der Waals surface area contributed by atoms with Crippen LogP contribution in [0, 0.1) is 5.92 Å². The Hall–Kier alpha value is -0.0800. The summed E-state index contributed by atoms with van der Waals surface area (Å²) in [5.41, 5.74) is 0. The molecule has 2 rings (SSSR count). The Morgan fingerprint density at radius 1 is 1.00 bits per heavy atom. The Bertz CT molecular complexity index is 181. The van der Waals surface area contributed by atoms with Crippen molar-refractivity contribution in [2.45, 2.75) is 57.9 Å². The van der Waals surface area contributed by atoms with E-state index >= 15 is 0 Å². The van der Waals surface area contributed by atoms with Crippen LogP contribution in [0.15, 0.2) is 0 Å². The summed E-state index contributed by atoms with van der Waals surface area (Å²) in [5.74, 6) is 1.00. The summed E-state index contributed by atoms with van der Waals surface area (Å²) in [5, 5.41) is 3.67. The average Bonchev–Trinajstić information content (AvgIpc) is 2.82. The predicted octanol–water partition coefficient (Wildman–Crippen LogP) is 2.64. The molecule has 0 radical (unpaired) electrons. The first-order chi connectivity index (χ1) is 7.88. The Balaban J connectivity index is 1.70. The van der Waals surface area contributed by atoms with Gasteiger partial charge >= 0.3 is 0 Å². The summed E-state index contributed by atoms with van der Waals surface area (Å²) in [7, 11) is 0. The second-order valence-electron chi connectivity index (χ2n) is 5.65. The second-order valence-corrected chi connectivity index (χ2v) is 5.65. The minimum atomic E-state index is 0.773. The van der Waals surface area contributed by atoms with Gasteiger partial charge in [-0.1, -0.05) is 26.2 Å². The third kappa shape index (κ3) is 3.74. The Morgan fingerprint density at radius 2 is 1.75 bits per heavy atom. The van der Waals surface area contributed by atoms with Crippen molar-refractivity contribution < 1.29 is 0 Å². The van der Waals surface area contributed by atoms with Gasteiger partial charge in [0, 0.05) is 19.1 Å². The van der Waals surface area contributed by atoms with E-state index in [1.807, 2.05) is 0 Å². The molecule has 0 bridgehead atoms. The molecule has 16 heavy (non-hydrogen) atoms. The highest BCUT2D eigenvalue weighted by molar-refractivity contribution is 4.78. The number of nitrogens with zero attached hydrogens (tertiary/aromatic N) is 1. The van der Waals surface area contributed by atoms with Crippen molar-refractivity contribution in [3.63, 3.8) is 0 Å². The van der Waals surface area contributed by atoms with Crippen molar-refractivity contribution in [3.8, 4) is 0 Å². The van der Waals surface area contributed by atoms with Crippen LogP contribution >= 0.6 is 0 Å². The van der Waals surface area contributed by atoms with Crippen LogP contribution in [0.3, 0.4) is 0 Å². The largest absolute Gasteiger partial charge is 0.313 e. The van der Waals surface area contributed by atoms with Gasteiger partial charge in [-0.15, -0.1) is 0 Å². The van der Waals surface area contributed by atoms with E-state index < -0.39 is 0 Å². The summed E-state index contributed by atoms with van der Waals surface area (Å²) in [6, 6.07) is 0.773. The molecular weight excluding hydrogens is 196 g/mol. The number of hydrogen-bond donors (Lipinski definition) is 1. The Kier molecular flexibility index (Phi) is 5.11. The van der Waals surface area contributed by atoms with E-state index in [0.717, 1.165) is 12.0 Å². The van der Waals surface area contributed by atoms with E-state index in [1.165, 1.54) is 71.1 Å². The van der Waals surface area contributed by atoms with E-state index in [1.54, 1.807) is 0 Å². The molecular formula is C14H28N2. The first-order valence-electron chi connectivity index (χ1n) is 7.34. The molecule has 1 atom stereocenters. The molecule has 1 heterocycles. The highest BCUT2D eigenvalue weighted by Crippen LogP contribution is 2.25. The molecule has 0 aromatic carbocycles. The molecule has 0 spiro atoms. The first-order valence-corrected chi connectivity index (χ1v) is 7.34. The van der Waals surface area contributed by atoms with Gasteiger partial charge < -0.3 is 10.2 Å². The summed E-state index contributed by atoms with van der Waals surface area (Å²) >= 11 is 0. The van der Waals surface area contributed by atoms with Gasteiger partial charge in [-0.2, -0.15) is 0 Å².